The molecule has 3 aromatic rings. The average molecular weight is 468 g/mol. The first-order valence-corrected chi connectivity index (χ1v) is 11.8. The maximum atomic E-state index is 12.7. The van der Waals surface area contributed by atoms with Gasteiger partial charge < -0.3 is 19.7 Å². The van der Waals surface area contributed by atoms with Crippen LogP contribution in [-0.2, 0) is 6.42 Å². The van der Waals surface area contributed by atoms with E-state index in [0.717, 1.165) is 50.1 Å². The highest BCUT2D eigenvalue weighted by molar-refractivity contribution is 7.09. The minimum Gasteiger partial charge on any atom is -0.496 e. The molecule has 9 heteroatoms. The molecule has 2 heterocycles. The van der Waals surface area contributed by atoms with E-state index < -0.39 is 0 Å². The average Bonchev–Trinajstić information content (AvgIpc) is 3.32. The van der Waals surface area contributed by atoms with E-state index in [1.807, 2.05) is 18.2 Å². The molecule has 0 radical (unpaired) electrons. The van der Waals surface area contributed by atoms with E-state index >= 15 is 0 Å². The third-order valence-corrected chi connectivity index (χ3v) is 6.49. The molecule has 2 aromatic carbocycles. The summed E-state index contributed by atoms with van der Waals surface area (Å²) in [6.07, 6.45) is 0.758. The van der Waals surface area contributed by atoms with E-state index in [2.05, 4.69) is 31.6 Å². The number of rotatable bonds is 9. The number of piperazine rings is 1. The second-order valence-electron chi connectivity index (χ2n) is 7.78. The van der Waals surface area contributed by atoms with Gasteiger partial charge in [0.1, 0.15) is 22.9 Å². The number of amides is 1. The number of hydrogen-bond acceptors (Lipinski definition) is 8. The van der Waals surface area contributed by atoms with Gasteiger partial charge in [-0.1, -0.05) is 36.4 Å². The molecule has 0 bridgehead atoms. The molecule has 4 rings (SSSR count). The van der Waals surface area contributed by atoms with E-state index in [0.29, 0.717) is 23.6 Å². The lowest BCUT2D eigenvalue weighted by Gasteiger charge is -2.34. The Morgan fingerprint density at radius 3 is 2.36 bits per heavy atom. The standard InChI is InChI=1S/C24H29N5O3S/c1-31-19-9-6-10-20(32-2)22(19)23(30)25-11-12-28-13-15-29(16-14-28)24-26-21(27-33-24)17-18-7-4-3-5-8-18/h3-10H,11-17H2,1-2H3,(H,25,30). The lowest BCUT2D eigenvalue weighted by Crippen LogP contribution is -2.48. The summed E-state index contributed by atoms with van der Waals surface area (Å²) in [5.74, 6) is 1.69. The van der Waals surface area contributed by atoms with Crippen LogP contribution in [0, 0.1) is 0 Å². The summed E-state index contributed by atoms with van der Waals surface area (Å²) in [6.45, 7) is 4.97. The second kappa shape index (κ2) is 11.1. The summed E-state index contributed by atoms with van der Waals surface area (Å²) in [4.78, 5) is 22.1. The fourth-order valence-electron chi connectivity index (χ4n) is 3.88. The summed E-state index contributed by atoms with van der Waals surface area (Å²) in [5.41, 5.74) is 1.65. The molecule has 0 saturated carbocycles. The van der Waals surface area contributed by atoms with Gasteiger partial charge in [0.05, 0.1) is 14.2 Å². The van der Waals surface area contributed by atoms with E-state index in [-0.39, 0.29) is 5.91 Å². The van der Waals surface area contributed by atoms with E-state index in [4.69, 9.17) is 14.5 Å². The number of aromatic nitrogens is 2. The van der Waals surface area contributed by atoms with Gasteiger partial charge in [0.25, 0.3) is 5.91 Å². The predicted molar refractivity (Wildman–Crippen MR) is 130 cm³/mol. The minimum atomic E-state index is -0.192. The van der Waals surface area contributed by atoms with Gasteiger partial charge in [0.15, 0.2) is 0 Å². The molecule has 1 aliphatic heterocycles. The first kappa shape index (κ1) is 23.0. The Morgan fingerprint density at radius 2 is 1.70 bits per heavy atom. The lowest BCUT2D eigenvalue weighted by molar-refractivity contribution is 0.0941. The van der Waals surface area contributed by atoms with Crippen LogP contribution >= 0.6 is 11.5 Å². The van der Waals surface area contributed by atoms with Gasteiger partial charge in [-0.3, -0.25) is 9.69 Å². The van der Waals surface area contributed by atoms with Crippen molar-refractivity contribution < 1.29 is 14.3 Å². The van der Waals surface area contributed by atoms with E-state index in [9.17, 15) is 4.79 Å². The van der Waals surface area contributed by atoms with Crippen LogP contribution in [-0.4, -0.2) is 73.7 Å². The number of nitrogens with zero attached hydrogens (tertiary/aromatic N) is 4. The summed E-state index contributed by atoms with van der Waals surface area (Å²) in [6, 6.07) is 15.6. The van der Waals surface area contributed by atoms with Crippen LogP contribution in [0.2, 0.25) is 0 Å². The number of nitrogens with one attached hydrogen (secondary N) is 1. The summed E-state index contributed by atoms with van der Waals surface area (Å²) < 4.78 is 15.2. The monoisotopic (exact) mass is 467 g/mol. The largest absolute Gasteiger partial charge is 0.496 e. The van der Waals surface area contributed by atoms with Crippen molar-refractivity contribution in [1.29, 1.82) is 0 Å². The third-order valence-electron chi connectivity index (χ3n) is 5.67. The van der Waals surface area contributed by atoms with Crippen LogP contribution in [0.15, 0.2) is 48.5 Å². The highest BCUT2D eigenvalue weighted by Gasteiger charge is 2.21. The first-order valence-electron chi connectivity index (χ1n) is 11.0. The van der Waals surface area contributed by atoms with Gasteiger partial charge in [0.2, 0.25) is 5.13 Å². The van der Waals surface area contributed by atoms with Gasteiger partial charge in [-0.25, -0.2) is 4.98 Å². The van der Waals surface area contributed by atoms with Crippen LogP contribution in [0.25, 0.3) is 0 Å². The molecule has 1 N–H and O–H groups in total. The van der Waals surface area contributed by atoms with Crippen LogP contribution in [0.3, 0.4) is 0 Å². The number of ether oxygens (including phenoxy) is 2. The fourth-order valence-corrected chi connectivity index (χ4v) is 4.61. The number of benzene rings is 2. The van der Waals surface area contributed by atoms with Crippen molar-refractivity contribution in [3.8, 4) is 11.5 Å². The fraction of sp³-hybridized carbons (Fsp3) is 0.375. The number of carbonyl (C=O) groups is 1. The van der Waals surface area contributed by atoms with Crippen LogP contribution in [0.4, 0.5) is 5.13 Å². The first-order chi connectivity index (χ1) is 16.2. The van der Waals surface area contributed by atoms with E-state index in [1.165, 1.54) is 17.1 Å². The maximum Gasteiger partial charge on any atom is 0.258 e. The lowest BCUT2D eigenvalue weighted by atomic mass is 10.1. The molecular formula is C24H29N5O3S. The van der Waals surface area contributed by atoms with Crippen LogP contribution in [0.5, 0.6) is 11.5 Å². The summed E-state index contributed by atoms with van der Waals surface area (Å²) in [7, 11) is 3.10. The topological polar surface area (TPSA) is 79.8 Å². The van der Waals surface area contributed by atoms with Gasteiger partial charge in [-0.15, -0.1) is 0 Å². The zero-order valence-corrected chi connectivity index (χ0v) is 19.8. The Balaban J connectivity index is 1.23. The van der Waals surface area contributed by atoms with Crippen molar-refractivity contribution >= 4 is 22.6 Å². The molecule has 1 saturated heterocycles. The maximum absolute atomic E-state index is 12.7. The molecule has 0 atom stereocenters. The van der Waals surface area contributed by atoms with Crippen molar-refractivity contribution in [2.45, 2.75) is 6.42 Å². The number of anilines is 1. The van der Waals surface area contributed by atoms with E-state index in [1.54, 1.807) is 32.4 Å². The van der Waals surface area contributed by atoms with Gasteiger partial charge >= 0.3 is 0 Å². The second-order valence-corrected chi connectivity index (χ2v) is 8.51. The van der Waals surface area contributed by atoms with Crippen LogP contribution < -0.4 is 19.7 Å². The smallest absolute Gasteiger partial charge is 0.258 e. The van der Waals surface area contributed by atoms with Crippen molar-refractivity contribution in [1.82, 2.24) is 19.6 Å². The predicted octanol–water partition coefficient (Wildman–Crippen LogP) is 2.70. The van der Waals surface area contributed by atoms with Crippen LogP contribution in [0.1, 0.15) is 21.7 Å². The van der Waals surface area contributed by atoms with Gasteiger partial charge in [-0.05, 0) is 17.7 Å². The SMILES string of the molecule is COc1cccc(OC)c1C(=O)NCCN1CCN(c2nc(Cc3ccccc3)ns2)CC1. The van der Waals surface area contributed by atoms with Crippen molar-refractivity contribution in [2.75, 3.05) is 58.4 Å². The molecule has 0 spiro atoms. The molecule has 1 aromatic heterocycles. The summed E-state index contributed by atoms with van der Waals surface area (Å²) in [5, 5.41) is 3.97. The van der Waals surface area contributed by atoms with Gasteiger partial charge in [-0.2, -0.15) is 4.37 Å². The quantitative estimate of drug-likeness (QED) is 0.518. The van der Waals surface area contributed by atoms with Gasteiger partial charge in [0, 0.05) is 57.2 Å². The molecule has 0 unspecified atom stereocenters. The molecule has 1 amide bonds. The molecule has 8 nitrogen and oxygen atoms in total. The van der Waals surface area contributed by atoms with Crippen molar-refractivity contribution in [3.05, 3.63) is 65.5 Å². The third kappa shape index (κ3) is 5.80. The minimum absolute atomic E-state index is 0.192. The molecule has 0 aliphatic carbocycles. The number of carbonyl (C=O) groups excluding carboxylic acids is 1. The Hall–Kier alpha value is -3.17. The Labute approximate surface area is 198 Å². The number of hydrogen-bond donors (Lipinski definition) is 1. The summed E-state index contributed by atoms with van der Waals surface area (Å²) >= 11 is 1.47. The zero-order valence-electron chi connectivity index (χ0n) is 19.0. The Kier molecular flexibility index (Phi) is 7.74. The number of methoxy groups -OCH3 is 2. The molecule has 1 fully saturated rings. The zero-order chi connectivity index (χ0) is 23.0. The Bertz CT molecular complexity index is 1030. The van der Waals surface area contributed by atoms with Crippen molar-refractivity contribution in [2.24, 2.45) is 0 Å². The van der Waals surface area contributed by atoms with Crippen molar-refractivity contribution in [3.63, 3.8) is 0 Å². The molecular weight excluding hydrogens is 438 g/mol. The Morgan fingerprint density at radius 1 is 1.00 bits per heavy atom. The molecule has 1 aliphatic rings. The highest BCUT2D eigenvalue weighted by Crippen LogP contribution is 2.28. The normalized spacial score (nSPS) is 14.2. The molecule has 33 heavy (non-hydrogen) atoms. The molecule has 174 valence electrons. The highest BCUT2D eigenvalue weighted by atomic mass is 32.1.